The summed E-state index contributed by atoms with van der Waals surface area (Å²) in [6, 6.07) is 1.61. The summed E-state index contributed by atoms with van der Waals surface area (Å²) in [7, 11) is 2.25. The predicted molar refractivity (Wildman–Crippen MR) is 51.2 cm³/mol. The van der Waals surface area contributed by atoms with Crippen molar-refractivity contribution in [1.29, 1.82) is 0 Å². The minimum atomic E-state index is 0.742. The first kappa shape index (κ1) is 8.52. The van der Waals surface area contributed by atoms with Gasteiger partial charge in [-0.05, 0) is 39.8 Å². The molecule has 2 fully saturated rings. The molecule has 2 atom stereocenters. The Morgan fingerprint density at radius 1 is 1.25 bits per heavy atom. The minimum Gasteiger partial charge on any atom is -0.304 e. The van der Waals surface area contributed by atoms with Gasteiger partial charge in [-0.25, -0.2) is 0 Å². The summed E-state index contributed by atoms with van der Waals surface area (Å²) in [5.41, 5.74) is 0. The normalized spacial score (nSPS) is 38.0. The van der Waals surface area contributed by atoms with Crippen molar-refractivity contribution in [3.05, 3.63) is 0 Å². The van der Waals surface area contributed by atoms with E-state index >= 15 is 0 Å². The molecule has 0 spiro atoms. The van der Waals surface area contributed by atoms with E-state index in [1.807, 2.05) is 0 Å². The van der Waals surface area contributed by atoms with Gasteiger partial charge < -0.3 is 4.90 Å². The molecule has 0 unspecified atom stereocenters. The second-order valence-electron chi connectivity index (χ2n) is 4.67. The highest BCUT2D eigenvalue weighted by Crippen LogP contribution is 2.31. The number of rotatable bonds is 1. The van der Waals surface area contributed by atoms with E-state index in [4.69, 9.17) is 0 Å². The second-order valence-corrected chi connectivity index (χ2v) is 4.67. The molecule has 2 saturated heterocycles. The van der Waals surface area contributed by atoms with Gasteiger partial charge in [-0.2, -0.15) is 0 Å². The Balaban J connectivity index is 2.03. The molecule has 0 N–H and O–H groups in total. The largest absolute Gasteiger partial charge is 0.304 e. The van der Waals surface area contributed by atoms with Gasteiger partial charge in [0.25, 0.3) is 0 Å². The van der Waals surface area contributed by atoms with Gasteiger partial charge in [0.15, 0.2) is 0 Å². The first-order chi connectivity index (χ1) is 5.68. The van der Waals surface area contributed by atoms with E-state index < -0.39 is 0 Å². The first-order valence-electron chi connectivity index (χ1n) is 5.13. The Morgan fingerprint density at radius 2 is 2.00 bits per heavy atom. The lowest BCUT2D eigenvalue weighted by Gasteiger charge is -2.27. The standard InChI is InChI=1S/C10H20N2/c1-8(2)12-5-4-9-6-11(3)7-10(9)12/h8-10H,4-7H2,1-3H3/t9-,10+/m1/s1. The van der Waals surface area contributed by atoms with Crippen LogP contribution in [0.4, 0.5) is 0 Å². The molecule has 0 saturated carbocycles. The Morgan fingerprint density at radius 3 is 2.67 bits per heavy atom. The molecule has 0 aromatic carbocycles. The molecule has 0 aliphatic carbocycles. The van der Waals surface area contributed by atoms with Crippen LogP contribution in [-0.4, -0.2) is 48.6 Å². The van der Waals surface area contributed by atoms with Crippen molar-refractivity contribution < 1.29 is 0 Å². The second kappa shape index (κ2) is 3.00. The van der Waals surface area contributed by atoms with Gasteiger partial charge >= 0.3 is 0 Å². The van der Waals surface area contributed by atoms with Gasteiger partial charge in [0.05, 0.1) is 0 Å². The third kappa shape index (κ3) is 1.27. The highest BCUT2D eigenvalue weighted by Gasteiger charge is 2.40. The van der Waals surface area contributed by atoms with Crippen LogP contribution in [0, 0.1) is 5.92 Å². The zero-order valence-electron chi connectivity index (χ0n) is 8.45. The van der Waals surface area contributed by atoms with Gasteiger partial charge in [-0.1, -0.05) is 0 Å². The molecule has 2 aliphatic heterocycles. The third-order valence-corrected chi connectivity index (χ3v) is 3.44. The number of hydrogen-bond acceptors (Lipinski definition) is 2. The van der Waals surface area contributed by atoms with Crippen LogP contribution < -0.4 is 0 Å². The van der Waals surface area contributed by atoms with E-state index in [-0.39, 0.29) is 0 Å². The fourth-order valence-electron chi connectivity index (χ4n) is 2.85. The number of hydrogen-bond donors (Lipinski definition) is 0. The Labute approximate surface area is 75.5 Å². The smallest absolute Gasteiger partial charge is 0.0266 e. The monoisotopic (exact) mass is 168 g/mol. The van der Waals surface area contributed by atoms with Crippen LogP contribution >= 0.6 is 0 Å². The van der Waals surface area contributed by atoms with E-state index in [2.05, 4.69) is 30.7 Å². The molecule has 0 aromatic heterocycles. The molecule has 2 nitrogen and oxygen atoms in total. The summed E-state index contributed by atoms with van der Waals surface area (Å²) in [5.74, 6) is 0.970. The van der Waals surface area contributed by atoms with Crippen molar-refractivity contribution in [2.75, 3.05) is 26.7 Å². The Bertz CT molecular complexity index is 167. The van der Waals surface area contributed by atoms with Crippen molar-refractivity contribution in [3.63, 3.8) is 0 Å². The van der Waals surface area contributed by atoms with E-state index in [1.165, 1.54) is 26.1 Å². The molecule has 70 valence electrons. The van der Waals surface area contributed by atoms with Crippen LogP contribution in [-0.2, 0) is 0 Å². The summed E-state index contributed by atoms with van der Waals surface area (Å²) in [4.78, 5) is 5.15. The highest BCUT2D eigenvalue weighted by molar-refractivity contribution is 4.95. The van der Waals surface area contributed by atoms with Gasteiger partial charge in [0.1, 0.15) is 0 Å². The third-order valence-electron chi connectivity index (χ3n) is 3.44. The van der Waals surface area contributed by atoms with E-state index in [9.17, 15) is 0 Å². The van der Waals surface area contributed by atoms with Crippen molar-refractivity contribution in [2.24, 2.45) is 5.92 Å². The molecule has 0 aromatic rings. The summed E-state index contributed by atoms with van der Waals surface area (Å²) < 4.78 is 0. The van der Waals surface area contributed by atoms with Crippen LogP contribution in [0.3, 0.4) is 0 Å². The summed E-state index contributed by atoms with van der Waals surface area (Å²) in [6.45, 7) is 8.60. The van der Waals surface area contributed by atoms with E-state index in [0.717, 1.165) is 18.0 Å². The van der Waals surface area contributed by atoms with Crippen LogP contribution in [0.25, 0.3) is 0 Å². The van der Waals surface area contributed by atoms with Crippen LogP contribution in [0.15, 0.2) is 0 Å². The molecule has 12 heavy (non-hydrogen) atoms. The average molecular weight is 168 g/mol. The quantitative estimate of drug-likeness (QED) is 0.577. The lowest BCUT2D eigenvalue weighted by molar-refractivity contribution is 0.191. The summed E-state index contributed by atoms with van der Waals surface area (Å²) in [5, 5.41) is 0. The fourth-order valence-corrected chi connectivity index (χ4v) is 2.85. The molecular formula is C10H20N2. The summed E-state index contributed by atoms with van der Waals surface area (Å²) >= 11 is 0. The van der Waals surface area contributed by atoms with Crippen LogP contribution in [0.1, 0.15) is 20.3 Å². The zero-order chi connectivity index (χ0) is 8.72. The number of likely N-dealkylation sites (tertiary alicyclic amines) is 2. The topological polar surface area (TPSA) is 6.48 Å². The van der Waals surface area contributed by atoms with Crippen molar-refractivity contribution in [1.82, 2.24) is 9.80 Å². The van der Waals surface area contributed by atoms with Crippen molar-refractivity contribution in [2.45, 2.75) is 32.4 Å². The SMILES string of the molecule is CC(C)N1CC[C@@H]2CN(C)C[C@@H]21. The number of nitrogens with zero attached hydrogens (tertiary/aromatic N) is 2. The summed E-state index contributed by atoms with van der Waals surface area (Å²) in [6.07, 6.45) is 1.42. The molecule has 2 heteroatoms. The lowest BCUT2D eigenvalue weighted by atomic mass is 10.0. The average Bonchev–Trinajstić information content (AvgIpc) is 2.43. The molecule has 0 amide bonds. The van der Waals surface area contributed by atoms with Gasteiger partial charge in [0, 0.05) is 25.2 Å². The molecule has 2 heterocycles. The van der Waals surface area contributed by atoms with Gasteiger partial charge in [-0.15, -0.1) is 0 Å². The predicted octanol–water partition coefficient (Wildman–Crippen LogP) is 1.03. The molecular weight excluding hydrogens is 148 g/mol. The van der Waals surface area contributed by atoms with E-state index in [1.54, 1.807) is 0 Å². The maximum Gasteiger partial charge on any atom is 0.0266 e. The maximum absolute atomic E-state index is 2.67. The lowest BCUT2D eigenvalue weighted by Crippen LogP contribution is -2.39. The zero-order valence-corrected chi connectivity index (χ0v) is 8.45. The van der Waals surface area contributed by atoms with E-state index in [0.29, 0.717) is 0 Å². The fraction of sp³-hybridized carbons (Fsp3) is 1.00. The van der Waals surface area contributed by atoms with Crippen molar-refractivity contribution >= 4 is 0 Å². The molecule has 2 rings (SSSR count). The minimum absolute atomic E-state index is 0.742. The highest BCUT2D eigenvalue weighted by atomic mass is 15.3. The molecule has 2 aliphatic rings. The van der Waals surface area contributed by atoms with Crippen LogP contribution in [0.2, 0.25) is 0 Å². The first-order valence-corrected chi connectivity index (χ1v) is 5.13. The Kier molecular flexibility index (Phi) is 2.13. The number of likely N-dealkylation sites (N-methyl/N-ethyl adjacent to an activating group) is 1. The van der Waals surface area contributed by atoms with Crippen LogP contribution in [0.5, 0.6) is 0 Å². The number of fused-ring (bicyclic) bond motifs is 1. The van der Waals surface area contributed by atoms with Crippen molar-refractivity contribution in [3.8, 4) is 0 Å². The molecule has 0 bridgehead atoms. The molecule has 0 radical (unpaired) electrons. The maximum atomic E-state index is 2.67. The van der Waals surface area contributed by atoms with Gasteiger partial charge in [0.2, 0.25) is 0 Å². The Hall–Kier alpha value is -0.0800. The van der Waals surface area contributed by atoms with Gasteiger partial charge in [-0.3, -0.25) is 4.90 Å².